The van der Waals surface area contributed by atoms with E-state index in [1.165, 1.54) is 0 Å². The van der Waals surface area contributed by atoms with E-state index in [1.807, 2.05) is 48.5 Å². The third-order valence-corrected chi connectivity index (χ3v) is 3.99. The standard InChI is InChI=1S/C18H19ClN2O2/c1-13(22)18-20-15-8-3-4-9-16(15)21(18)11-6-12-23-17-10-5-2-7-14(17)19/h2-5,7-10,13,22H,6,11-12H2,1H3/t13-/m1/s1. The highest BCUT2D eigenvalue weighted by Crippen LogP contribution is 2.24. The van der Waals surface area contributed by atoms with Crippen LogP contribution in [0.15, 0.2) is 48.5 Å². The van der Waals surface area contributed by atoms with Gasteiger partial charge in [0.2, 0.25) is 0 Å². The lowest BCUT2D eigenvalue weighted by atomic mass is 10.3. The Hall–Kier alpha value is -2.04. The van der Waals surface area contributed by atoms with E-state index in [4.69, 9.17) is 16.3 Å². The van der Waals surface area contributed by atoms with E-state index in [-0.39, 0.29) is 0 Å². The first-order chi connectivity index (χ1) is 11.2. The maximum atomic E-state index is 9.94. The molecule has 0 aliphatic carbocycles. The Kier molecular flexibility index (Phi) is 4.84. The van der Waals surface area contributed by atoms with Crippen LogP contribution in [-0.4, -0.2) is 21.3 Å². The van der Waals surface area contributed by atoms with Crippen molar-refractivity contribution < 1.29 is 9.84 Å². The summed E-state index contributed by atoms with van der Waals surface area (Å²) in [5.41, 5.74) is 1.93. The summed E-state index contributed by atoms with van der Waals surface area (Å²) in [6, 6.07) is 15.3. The van der Waals surface area contributed by atoms with Gasteiger partial charge in [0, 0.05) is 6.54 Å². The van der Waals surface area contributed by atoms with Crippen molar-refractivity contribution in [3.05, 3.63) is 59.4 Å². The van der Waals surface area contributed by atoms with E-state index in [1.54, 1.807) is 6.92 Å². The fraction of sp³-hybridized carbons (Fsp3) is 0.278. The van der Waals surface area contributed by atoms with Crippen molar-refractivity contribution in [3.63, 3.8) is 0 Å². The monoisotopic (exact) mass is 330 g/mol. The lowest BCUT2D eigenvalue weighted by molar-refractivity contribution is 0.183. The van der Waals surface area contributed by atoms with Crippen molar-refractivity contribution in [1.29, 1.82) is 0 Å². The second-order valence-corrected chi connectivity index (χ2v) is 5.83. The van der Waals surface area contributed by atoms with Gasteiger partial charge < -0.3 is 14.4 Å². The fourth-order valence-corrected chi connectivity index (χ4v) is 2.80. The van der Waals surface area contributed by atoms with Crippen molar-refractivity contribution >= 4 is 22.6 Å². The molecule has 0 saturated carbocycles. The van der Waals surface area contributed by atoms with Gasteiger partial charge in [0.15, 0.2) is 0 Å². The van der Waals surface area contributed by atoms with Crippen LogP contribution in [0, 0.1) is 0 Å². The SMILES string of the molecule is C[C@@H](O)c1nc2ccccc2n1CCCOc1ccccc1Cl. The maximum absolute atomic E-state index is 9.94. The van der Waals surface area contributed by atoms with Crippen LogP contribution in [0.4, 0.5) is 0 Å². The molecule has 4 nitrogen and oxygen atoms in total. The number of aliphatic hydroxyl groups is 1. The number of para-hydroxylation sites is 3. The van der Waals surface area contributed by atoms with Gasteiger partial charge in [-0.3, -0.25) is 0 Å². The number of imidazole rings is 1. The normalized spacial score (nSPS) is 12.5. The van der Waals surface area contributed by atoms with E-state index in [0.717, 1.165) is 24.0 Å². The minimum absolute atomic E-state index is 0.551. The van der Waals surface area contributed by atoms with Gasteiger partial charge in [0.1, 0.15) is 17.7 Å². The molecular formula is C18H19ClN2O2. The molecule has 0 bridgehead atoms. The molecule has 0 fully saturated rings. The smallest absolute Gasteiger partial charge is 0.138 e. The highest BCUT2D eigenvalue weighted by Gasteiger charge is 2.14. The largest absolute Gasteiger partial charge is 0.492 e. The van der Waals surface area contributed by atoms with Crippen molar-refractivity contribution in [1.82, 2.24) is 9.55 Å². The average Bonchev–Trinajstić information content (AvgIpc) is 2.92. The number of hydrogen-bond donors (Lipinski definition) is 1. The van der Waals surface area contributed by atoms with Gasteiger partial charge in [-0.1, -0.05) is 35.9 Å². The molecule has 5 heteroatoms. The summed E-state index contributed by atoms with van der Waals surface area (Å²) in [4.78, 5) is 4.51. The highest BCUT2D eigenvalue weighted by atomic mass is 35.5. The lowest BCUT2D eigenvalue weighted by Crippen LogP contribution is -2.10. The third-order valence-electron chi connectivity index (χ3n) is 3.68. The van der Waals surface area contributed by atoms with E-state index in [9.17, 15) is 5.11 Å². The Labute approximate surface area is 140 Å². The maximum Gasteiger partial charge on any atom is 0.138 e. The molecule has 1 aromatic heterocycles. The zero-order valence-electron chi connectivity index (χ0n) is 12.9. The van der Waals surface area contributed by atoms with Crippen LogP contribution in [0.1, 0.15) is 25.3 Å². The number of aryl methyl sites for hydroxylation is 1. The predicted molar refractivity (Wildman–Crippen MR) is 91.9 cm³/mol. The summed E-state index contributed by atoms with van der Waals surface area (Å²) in [5.74, 6) is 1.38. The first-order valence-electron chi connectivity index (χ1n) is 7.67. The van der Waals surface area contributed by atoms with Crippen LogP contribution in [0.5, 0.6) is 5.75 Å². The molecule has 0 aliphatic heterocycles. The zero-order chi connectivity index (χ0) is 16.2. The average molecular weight is 331 g/mol. The number of nitrogens with zero attached hydrogens (tertiary/aromatic N) is 2. The zero-order valence-corrected chi connectivity index (χ0v) is 13.7. The van der Waals surface area contributed by atoms with Crippen LogP contribution in [0.2, 0.25) is 5.02 Å². The molecule has 0 saturated heterocycles. The molecule has 0 spiro atoms. The minimum atomic E-state index is -0.605. The predicted octanol–water partition coefficient (Wildman–Crippen LogP) is 4.21. The van der Waals surface area contributed by atoms with Crippen LogP contribution >= 0.6 is 11.6 Å². The van der Waals surface area contributed by atoms with Gasteiger partial charge >= 0.3 is 0 Å². The highest BCUT2D eigenvalue weighted by molar-refractivity contribution is 6.32. The summed E-state index contributed by atoms with van der Waals surface area (Å²) in [7, 11) is 0. The molecule has 1 heterocycles. The molecular weight excluding hydrogens is 312 g/mol. The first-order valence-corrected chi connectivity index (χ1v) is 8.05. The Morgan fingerprint density at radius 2 is 1.91 bits per heavy atom. The molecule has 23 heavy (non-hydrogen) atoms. The van der Waals surface area contributed by atoms with Crippen LogP contribution in [0.3, 0.4) is 0 Å². The Balaban J connectivity index is 1.69. The number of aromatic nitrogens is 2. The summed E-state index contributed by atoms with van der Waals surface area (Å²) >= 11 is 6.07. The van der Waals surface area contributed by atoms with Crippen LogP contribution < -0.4 is 4.74 Å². The van der Waals surface area contributed by atoms with Crippen molar-refractivity contribution in [2.45, 2.75) is 26.0 Å². The molecule has 1 atom stereocenters. The fourth-order valence-electron chi connectivity index (χ4n) is 2.61. The van der Waals surface area contributed by atoms with Crippen molar-refractivity contribution in [2.24, 2.45) is 0 Å². The summed E-state index contributed by atoms with van der Waals surface area (Å²) < 4.78 is 7.77. The van der Waals surface area contributed by atoms with E-state index < -0.39 is 6.10 Å². The molecule has 0 unspecified atom stereocenters. The Bertz CT molecular complexity index is 799. The molecule has 3 rings (SSSR count). The molecule has 0 aliphatic rings. The topological polar surface area (TPSA) is 47.3 Å². The van der Waals surface area contributed by atoms with E-state index >= 15 is 0 Å². The summed E-state index contributed by atoms with van der Waals surface area (Å²) in [6.07, 6.45) is 0.192. The number of rotatable bonds is 6. The quantitative estimate of drug-likeness (QED) is 0.689. The molecule has 0 amide bonds. The minimum Gasteiger partial charge on any atom is -0.492 e. The number of ether oxygens (including phenoxy) is 1. The van der Waals surface area contributed by atoms with Crippen molar-refractivity contribution in [2.75, 3.05) is 6.61 Å². The number of aliphatic hydroxyl groups excluding tert-OH is 1. The summed E-state index contributed by atoms with van der Waals surface area (Å²) in [5, 5.41) is 10.6. The molecule has 2 aromatic carbocycles. The molecule has 0 radical (unpaired) electrons. The van der Waals surface area contributed by atoms with E-state index in [0.29, 0.717) is 23.2 Å². The Morgan fingerprint density at radius 1 is 1.17 bits per heavy atom. The number of hydrogen-bond acceptors (Lipinski definition) is 3. The lowest BCUT2D eigenvalue weighted by Gasteiger charge is -2.12. The third kappa shape index (κ3) is 3.49. The van der Waals surface area contributed by atoms with Crippen LogP contribution in [-0.2, 0) is 6.54 Å². The van der Waals surface area contributed by atoms with Gasteiger partial charge in [0.05, 0.1) is 22.7 Å². The van der Waals surface area contributed by atoms with Gasteiger partial charge in [-0.05, 0) is 37.6 Å². The summed E-state index contributed by atoms with van der Waals surface area (Å²) in [6.45, 7) is 3.01. The van der Waals surface area contributed by atoms with Gasteiger partial charge in [-0.2, -0.15) is 0 Å². The Morgan fingerprint density at radius 3 is 2.70 bits per heavy atom. The molecule has 120 valence electrons. The van der Waals surface area contributed by atoms with Crippen molar-refractivity contribution in [3.8, 4) is 5.75 Å². The second kappa shape index (κ2) is 7.02. The van der Waals surface area contributed by atoms with Gasteiger partial charge in [-0.25, -0.2) is 4.98 Å². The first kappa shape index (κ1) is 15.8. The van der Waals surface area contributed by atoms with E-state index in [2.05, 4.69) is 9.55 Å². The number of benzene rings is 2. The van der Waals surface area contributed by atoms with Crippen LogP contribution in [0.25, 0.3) is 11.0 Å². The number of halogens is 1. The molecule has 3 aromatic rings. The van der Waals surface area contributed by atoms with Gasteiger partial charge in [0.25, 0.3) is 0 Å². The second-order valence-electron chi connectivity index (χ2n) is 5.42. The van der Waals surface area contributed by atoms with Gasteiger partial charge in [-0.15, -0.1) is 0 Å². The molecule has 1 N–H and O–H groups in total. The number of fused-ring (bicyclic) bond motifs is 1.